The third-order valence-electron chi connectivity index (χ3n) is 7.28. The van der Waals surface area contributed by atoms with E-state index in [0.717, 1.165) is 59.8 Å². The van der Waals surface area contributed by atoms with Gasteiger partial charge in [-0.2, -0.15) is 5.10 Å². The lowest BCUT2D eigenvalue weighted by Gasteiger charge is -2.53. The Labute approximate surface area is 203 Å². The molecule has 6 rings (SSSR count). The number of hydrogen-bond acceptors (Lipinski definition) is 7. The Bertz CT molecular complexity index is 1430. The first kappa shape index (κ1) is 21.5. The highest BCUT2D eigenvalue weighted by atomic mass is 16.2. The van der Waals surface area contributed by atoms with Crippen molar-refractivity contribution in [1.82, 2.24) is 39.2 Å². The maximum Gasteiger partial charge on any atom is 0.271 e. The van der Waals surface area contributed by atoms with Crippen molar-refractivity contribution < 1.29 is 4.79 Å². The average molecular weight is 470 g/mol. The molecule has 1 fully saturated rings. The van der Waals surface area contributed by atoms with Gasteiger partial charge in [0.25, 0.3) is 5.91 Å². The van der Waals surface area contributed by atoms with E-state index < -0.39 is 0 Å². The molecule has 1 N–H and O–H groups in total. The van der Waals surface area contributed by atoms with Gasteiger partial charge in [0.2, 0.25) is 5.95 Å². The van der Waals surface area contributed by atoms with E-state index in [2.05, 4.69) is 36.1 Å². The van der Waals surface area contributed by atoms with E-state index in [1.165, 1.54) is 0 Å². The van der Waals surface area contributed by atoms with E-state index in [1.54, 1.807) is 29.5 Å². The Hall–Kier alpha value is -4.08. The summed E-state index contributed by atoms with van der Waals surface area (Å²) in [6.45, 7) is 5.18. The van der Waals surface area contributed by atoms with Gasteiger partial charge in [0, 0.05) is 50.0 Å². The van der Waals surface area contributed by atoms with Crippen LogP contribution in [-0.4, -0.2) is 50.6 Å². The number of anilines is 2. The predicted octanol–water partition coefficient (Wildman–Crippen LogP) is 3.41. The van der Waals surface area contributed by atoms with Crippen LogP contribution in [0.25, 0.3) is 11.3 Å². The third-order valence-corrected chi connectivity index (χ3v) is 7.28. The minimum Gasteiger partial charge on any atom is -0.340 e. The summed E-state index contributed by atoms with van der Waals surface area (Å²) < 4.78 is 3.83. The van der Waals surface area contributed by atoms with Crippen molar-refractivity contribution in [2.24, 2.45) is 7.05 Å². The standard InChI is InChI=1S/C25H27N9O/c1-16-12-28-24(30-21-5-8-29-32(21)3)31-22(16)18-11-20-23(35)34(14-19-17(2)26-9-10-27-19)25(6-4-7-25)15-33(20)13-18/h5,8-13H,4,6-7,14-15H2,1-3H3,(H,28,30,31). The maximum atomic E-state index is 13.8. The molecule has 10 heteroatoms. The van der Waals surface area contributed by atoms with E-state index >= 15 is 0 Å². The van der Waals surface area contributed by atoms with Crippen LogP contribution < -0.4 is 5.32 Å². The second-order valence-electron chi connectivity index (χ2n) is 9.49. The minimum atomic E-state index is -0.169. The van der Waals surface area contributed by atoms with Gasteiger partial charge in [-0.15, -0.1) is 0 Å². The fourth-order valence-electron chi connectivity index (χ4n) is 5.11. The highest BCUT2D eigenvalue weighted by molar-refractivity contribution is 5.96. The van der Waals surface area contributed by atoms with Gasteiger partial charge in [0.1, 0.15) is 11.5 Å². The Morgan fingerprint density at radius 1 is 1.11 bits per heavy atom. The highest BCUT2D eigenvalue weighted by Crippen LogP contribution is 2.44. The number of nitrogens with zero attached hydrogens (tertiary/aromatic N) is 8. The summed E-state index contributed by atoms with van der Waals surface area (Å²) in [6.07, 6.45) is 12.1. The average Bonchev–Trinajstić information content (AvgIpc) is 3.43. The minimum absolute atomic E-state index is 0.0344. The summed E-state index contributed by atoms with van der Waals surface area (Å²) in [4.78, 5) is 33.9. The van der Waals surface area contributed by atoms with Crippen molar-refractivity contribution in [2.75, 3.05) is 5.32 Å². The molecule has 2 aliphatic rings. The summed E-state index contributed by atoms with van der Waals surface area (Å²) in [5.74, 6) is 1.32. The molecule has 1 aliphatic heterocycles. The van der Waals surface area contributed by atoms with Gasteiger partial charge in [-0.25, -0.2) is 9.97 Å². The number of carbonyl (C=O) groups is 1. The molecule has 1 spiro atoms. The molecule has 0 radical (unpaired) electrons. The van der Waals surface area contributed by atoms with Crippen LogP contribution in [0.2, 0.25) is 0 Å². The van der Waals surface area contributed by atoms with Crippen LogP contribution in [0.3, 0.4) is 0 Å². The largest absolute Gasteiger partial charge is 0.340 e. The van der Waals surface area contributed by atoms with Crippen LogP contribution >= 0.6 is 0 Å². The summed E-state index contributed by atoms with van der Waals surface area (Å²) in [5.41, 5.74) is 4.88. The molecule has 1 saturated carbocycles. The zero-order valence-corrected chi connectivity index (χ0v) is 20.1. The van der Waals surface area contributed by atoms with E-state index in [9.17, 15) is 4.79 Å². The van der Waals surface area contributed by atoms with Crippen LogP contribution in [0.4, 0.5) is 11.8 Å². The normalized spacial score (nSPS) is 16.3. The van der Waals surface area contributed by atoms with Crippen LogP contribution in [0.1, 0.15) is 46.7 Å². The molecule has 0 atom stereocenters. The number of rotatable bonds is 5. The molecular formula is C25H27N9O. The fraction of sp³-hybridized carbons (Fsp3) is 0.360. The van der Waals surface area contributed by atoms with E-state index in [4.69, 9.17) is 4.98 Å². The molecule has 0 aromatic carbocycles. The van der Waals surface area contributed by atoms with Crippen molar-refractivity contribution in [3.8, 4) is 11.3 Å². The Balaban J connectivity index is 1.35. The molecule has 1 amide bonds. The van der Waals surface area contributed by atoms with Crippen molar-refractivity contribution in [3.63, 3.8) is 0 Å². The van der Waals surface area contributed by atoms with Gasteiger partial charge < -0.3 is 14.8 Å². The summed E-state index contributed by atoms with van der Waals surface area (Å²) >= 11 is 0. The van der Waals surface area contributed by atoms with Crippen molar-refractivity contribution in [3.05, 3.63) is 65.8 Å². The molecule has 4 aromatic heterocycles. The second kappa shape index (κ2) is 8.00. The fourth-order valence-corrected chi connectivity index (χ4v) is 5.11. The van der Waals surface area contributed by atoms with Crippen LogP contribution in [-0.2, 0) is 20.1 Å². The third kappa shape index (κ3) is 3.56. The predicted molar refractivity (Wildman–Crippen MR) is 130 cm³/mol. The first-order valence-corrected chi connectivity index (χ1v) is 11.8. The maximum absolute atomic E-state index is 13.8. The van der Waals surface area contributed by atoms with Crippen molar-refractivity contribution in [1.29, 1.82) is 0 Å². The molecule has 1 aliphatic carbocycles. The molecule has 0 unspecified atom stereocenters. The summed E-state index contributed by atoms with van der Waals surface area (Å²) in [6, 6.07) is 3.82. The molecule has 0 bridgehead atoms. The number of nitrogens with one attached hydrogen (secondary N) is 1. The number of fused-ring (bicyclic) bond motifs is 1. The smallest absolute Gasteiger partial charge is 0.271 e. The van der Waals surface area contributed by atoms with Gasteiger partial charge in [-0.1, -0.05) is 0 Å². The molecule has 178 valence electrons. The first-order chi connectivity index (χ1) is 16.9. The summed E-state index contributed by atoms with van der Waals surface area (Å²) in [5, 5.41) is 7.39. The van der Waals surface area contributed by atoms with Crippen molar-refractivity contribution in [2.45, 2.75) is 51.7 Å². The zero-order chi connectivity index (χ0) is 24.2. The van der Waals surface area contributed by atoms with Crippen molar-refractivity contribution >= 4 is 17.7 Å². The van der Waals surface area contributed by atoms with E-state index in [1.807, 2.05) is 37.9 Å². The van der Waals surface area contributed by atoms with Gasteiger partial charge in [-0.3, -0.25) is 19.4 Å². The topological polar surface area (TPSA) is 107 Å². The Kier molecular flexibility index (Phi) is 4.91. The number of hydrogen-bond donors (Lipinski definition) is 1. The number of aromatic nitrogens is 7. The van der Waals surface area contributed by atoms with Gasteiger partial charge in [0.15, 0.2) is 0 Å². The second-order valence-corrected chi connectivity index (χ2v) is 9.49. The zero-order valence-electron chi connectivity index (χ0n) is 20.1. The molecule has 5 heterocycles. The molecule has 35 heavy (non-hydrogen) atoms. The number of amides is 1. The molecular weight excluding hydrogens is 442 g/mol. The van der Waals surface area contributed by atoms with Crippen LogP contribution in [0.15, 0.2) is 43.1 Å². The Morgan fingerprint density at radius 2 is 1.94 bits per heavy atom. The summed E-state index contributed by atoms with van der Waals surface area (Å²) in [7, 11) is 1.86. The first-order valence-electron chi connectivity index (χ1n) is 11.8. The van der Waals surface area contributed by atoms with E-state index in [-0.39, 0.29) is 11.4 Å². The molecule has 4 aromatic rings. The van der Waals surface area contributed by atoms with Crippen LogP contribution in [0, 0.1) is 13.8 Å². The Morgan fingerprint density at radius 3 is 2.66 bits per heavy atom. The lowest BCUT2D eigenvalue weighted by molar-refractivity contribution is -0.0102. The lowest BCUT2D eigenvalue weighted by Crippen LogP contribution is -2.61. The van der Waals surface area contributed by atoms with Gasteiger partial charge in [-0.05, 0) is 44.7 Å². The number of carbonyl (C=O) groups excluding carboxylic acids is 1. The van der Waals surface area contributed by atoms with E-state index in [0.29, 0.717) is 18.2 Å². The highest BCUT2D eigenvalue weighted by Gasteiger charge is 2.49. The van der Waals surface area contributed by atoms with Crippen LogP contribution in [0.5, 0.6) is 0 Å². The van der Waals surface area contributed by atoms with Gasteiger partial charge >= 0.3 is 0 Å². The molecule has 0 saturated heterocycles. The monoisotopic (exact) mass is 469 g/mol. The SMILES string of the molecule is Cc1cnc(Nc2ccnn2C)nc1-c1cc2n(c1)CC1(CCC1)N(Cc1nccnc1C)C2=O. The lowest BCUT2D eigenvalue weighted by atomic mass is 9.73. The number of aryl methyl sites for hydroxylation is 3. The molecule has 10 nitrogen and oxygen atoms in total. The quantitative estimate of drug-likeness (QED) is 0.477. The van der Waals surface area contributed by atoms with Gasteiger partial charge in [0.05, 0.1) is 35.4 Å².